The second-order valence-corrected chi connectivity index (χ2v) is 4.43. The van der Waals surface area contributed by atoms with Crippen molar-refractivity contribution >= 4 is 5.78 Å². The smallest absolute Gasteiger partial charge is 0.171 e. The van der Waals surface area contributed by atoms with Crippen molar-refractivity contribution in [2.75, 3.05) is 6.54 Å². The van der Waals surface area contributed by atoms with Crippen molar-refractivity contribution in [2.45, 2.75) is 12.8 Å². The fourth-order valence-corrected chi connectivity index (χ4v) is 2.00. The number of carbonyl (C=O) groups is 1. The van der Waals surface area contributed by atoms with Gasteiger partial charge in [0.25, 0.3) is 0 Å². The molecule has 0 radical (unpaired) electrons. The highest BCUT2D eigenvalue weighted by Crippen LogP contribution is 2.20. The number of ketones is 1. The summed E-state index contributed by atoms with van der Waals surface area (Å²) in [5.41, 5.74) is 8.60. The first-order valence-corrected chi connectivity index (χ1v) is 6.08. The molecule has 18 heavy (non-hydrogen) atoms. The topological polar surface area (TPSA) is 43.1 Å². The van der Waals surface area contributed by atoms with Crippen LogP contribution in [0.1, 0.15) is 27.4 Å². The van der Waals surface area contributed by atoms with Gasteiger partial charge in [0.2, 0.25) is 0 Å². The van der Waals surface area contributed by atoms with Crippen molar-refractivity contribution in [3.8, 4) is 0 Å². The van der Waals surface area contributed by atoms with E-state index in [1.165, 1.54) is 0 Å². The molecule has 2 aromatic rings. The zero-order chi connectivity index (χ0) is 13.0. The van der Waals surface area contributed by atoms with Gasteiger partial charge in [0.1, 0.15) is 0 Å². The molecule has 92 valence electrons. The second-order valence-electron chi connectivity index (χ2n) is 4.43. The van der Waals surface area contributed by atoms with Crippen LogP contribution in [0.3, 0.4) is 0 Å². The highest BCUT2D eigenvalue weighted by atomic mass is 16.1. The standard InChI is InChI=1S/C16H17NO/c1-12-7-9-14(10-8-12)16(18)15(11-17)13-5-3-2-4-6-13/h2-10,15H,11,17H2,1H3. The minimum Gasteiger partial charge on any atom is -0.329 e. The highest BCUT2D eigenvalue weighted by molar-refractivity contribution is 6.01. The lowest BCUT2D eigenvalue weighted by Gasteiger charge is -2.14. The Morgan fingerprint density at radius 1 is 1.06 bits per heavy atom. The van der Waals surface area contributed by atoms with E-state index >= 15 is 0 Å². The van der Waals surface area contributed by atoms with Crippen molar-refractivity contribution in [1.82, 2.24) is 0 Å². The quantitative estimate of drug-likeness (QED) is 0.834. The third kappa shape index (κ3) is 2.66. The van der Waals surface area contributed by atoms with Crippen molar-refractivity contribution in [2.24, 2.45) is 5.73 Å². The molecule has 2 heteroatoms. The molecule has 1 atom stereocenters. The van der Waals surface area contributed by atoms with Crippen molar-refractivity contribution in [3.05, 3.63) is 71.3 Å². The normalized spacial score (nSPS) is 12.1. The summed E-state index contributed by atoms with van der Waals surface area (Å²) in [6.45, 7) is 2.34. The maximum absolute atomic E-state index is 12.4. The van der Waals surface area contributed by atoms with Gasteiger partial charge >= 0.3 is 0 Å². The van der Waals surface area contributed by atoms with E-state index in [1.807, 2.05) is 61.5 Å². The molecule has 0 heterocycles. The van der Waals surface area contributed by atoms with Crippen LogP contribution < -0.4 is 5.73 Å². The van der Waals surface area contributed by atoms with Gasteiger partial charge in [-0.05, 0) is 12.5 Å². The van der Waals surface area contributed by atoms with Crippen LogP contribution in [0.4, 0.5) is 0 Å². The number of rotatable bonds is 4. The van der Waals surface area contributed by atoms with Gasteiger partial charge < -0.3 is 5.73 Å². The monoisotopic (exact) mass is 239 g/mol. The molecule has 0 saturated carbocycles. The highest BCUT2D eigenvalue weighted by Gasteiger charge is 2.19. The first-order valence-electron chi connectivity index (χ1n) is 6.08. The number of hydrogen-bond donors (Lipinski definition) is 1. The maximum atomic E-state index is 12.4. The lowest BCUT2D eigenvalue weighted by molar-refractivity contribution is 0.0962. The summed E-state index contributed by atoms with van der Waals surface area (Å²) in [4.78, 5) is 12.4. The zero-order valence-electron chi connectivity index (χ0n) is 10.5. The Balaban J connectivity index is 2.28. The molecule has 0 fully saturated rings. The Hall–Kier alpha value is -1.93. The molecule has 0 aromatic heterocycles. The van der Waals surface area contributed by atoms with Crippen LogP contribution in [-0.4, -0.2) is 12.3 Å². The number of aryl methyl sites for hydroxylation is 1. The minimum absolute atomic E-state index is 0.0868. The Bertz CT molecular complexity index is 517. The lowest BCUT2D eigenvalue weighted by atomic mass is 9.90. The molecule has 2 nitrogen and oxygen atoms in total. The molecule has 2 rings (SSSR count). The van der Waals surface area contributed by atoms with Gasteiger partial charge in [-0.25, -0.2) is 0 Å². The Morgan fingerprint density at radius 2 is 1.67 bits per heavy atom. The van der Waals surface area contributed by atoms with Gasteiger partial charge in [-0.2, -0.15) is 0 Å². The molecule has 0 spiro atoms. The predicted octanol–water partition coefficient (Wildman–Crippen LogP) is 2.92. The van der Waals surface area contributed by atoms with Gasteiger partial charge in [-0.3, -0.25) is 4.79 Å². The summed E-state index contributed by atoms with van der Waals surface area (Å²) in [6, 6.07) is 17.3. The third-order valence-electron chi connectivity index (χ3n) is 3.09. The van der Waals surface area contributed by atoms with Crippen LogP contribution in [0.15, 0.2) is 54.6 Å². The van der Waals surface area contributed by atoms with Crippen LogP contribution in [0.2, 0.25) is 0 Å². The van der Waals surface area contributed by atoms with Crippen molar-refractivity contribution < 1.29 is 4.79 Å². The lowest BCUT2D eigenvalue weighted by Crippen LogP contribution is -2.21. The summed E-state index contributed by atoms with van der Waals surface area (Å²) in [5.74, 6) is -0.169. The third-order valence-corrected chi connectivity index (χ3v) is 3.09. The molecule has 1 unspecified atom stereocenters. The molecule has 0 amide bonds. The van der Waals surface area contributed by atoms with Crippen LogP contribution in [0.5, 0.6) is 0 Å². The molecule has 2 N–H and O–H groups in total. The molecule has 0 aliphatic carbocycles. The summed E-state index contributed by atoms with van der Waals surface area (Å²) in [5, 5.41) is 0. The number of Topliss-reactive ketones (excluding diaryl/α,β-unsaturated/α-hetero) is 1. The minimum atomic E-state index is -0.256. The molecule has 2 aromatic carbocycles. The van der Waals surface area contributed by atoms with E-state index in [4.69, 9.17) is 5.73 Å². The van der Waals surface area contributed by atoms with Crippen molar-refractivity contribution in [3.63, 3.8) is 0 Å². The summed E-state index contributed by atoms with van der Waals surface area (Å²) in [6.07, 6.45) is 0. The fourth-order valence-electron chi connectivity index (χ4n) is 2.00. The Labute approximate surface area is 107 Å². The molecular weight excluding hydrogens is 222 g/mol. The zero-order valence-corrected chi connectivity index (χ0v) is 10.5. The van der Waals surface area contributed by atoms with E-state index < -0.39 is 0 Å². The van der Waals surface area contributed by atoms with E-state index in [2.05, 4.69) is 0 Å². The van der Waals surface area contributed by atoms with Gasteiger partial charge in [0.05, 0.1) is 5.92 Å². The van der Waals surface area contributed by atoms with E-state index in [0.29, 0.717) is 6.54 Å². The molecular formula is C16H17NO. The fraction of sp³-hybridized carbons (Fsp3) is 0.188. The average molecular weight is 239 g/mol. The number of carbonyl (C=O) groups excluding carboxylic acids is 1. The van der Waals surface area contributed by atoms with Gasteiger partial charge in [0.15, 0.2) is 5.78 Å². The summed E-state index contributed by atoms with van der Waals surface area (Å²) < 4.78 is 0. The maximum Gasteiger partial charge on any atom is 0.171 e. The molecule has 0 bridgehead atoms. The SMILES string of the molecule is Cc1ccc(C(=O)C(CN)c2ccccc2)cc1. The number of benzene rings is 2. The number of nitrogens with two attached hydrogens (primary N) is 1. The largest absolute Gasteiger partial charge is 0.329 e. The van der Waals surface area contributed by atoms with Crippen molar-refractivity contribution in [1.29, 1.82) is 0 Å². The van der Waals surface area contributed by atoms with E-state index in [0.717, 1.165) is 16.7 Å². The summed E-state index contributed by atoms with van der Waals surface area (Å²) in [7, 11) is 0. The molecule has 0 saturated heterocycles. The van der Waals surface area contributed by atoms with E-state index in [-0.39, 0.29) is 11.7 Å². The Kier molecular flexibility index (Phi) is 3.90. The summed E-state index contributed by atoms with van der Waals surface area (Å²) >= 11 is 0. The van der Waals surface area contributed by atoms with Gasteiger partial charge in [-0.15, -0.1) is 0 Å². The van der Waals surface area contributed by atoms with Gasteiger partial charge in [0, 0.05) is 12.1 Å². The van der Waals surface area contributed by atoms with Crippen LogP contribution >= 0.6 is 0 Å². The first kappa shape index (κ1) is 12.5. The number of hydrogen-bond acceptors (Lipinski definition) is 2. The predicted molar refractivity (Wildman–Crippen MR) is 73.7 cm³/mol. The van der Waals surface area contributed by atoms with Crippen LogP contribution in [-0.2, 0) is 0 Å². The first-order chi connectivity index (χ1) is 8.72. The van der Waals surface area contributed by atoms with E-state index in [9.17, 15) is 4.79 Å². The molecule has 0 aliphatic heterocycles. The van der Waals surface area contributed by atoms with Gasteiger partial charge in [-0.1, -0.05) is 60.2 Å². The molecule has 0 aliphatic rings. The second kappa shape index (κ2) is 5.61. The van der Waals surface area contributed by atoms with Crippen LogP contribution in [0.25, 0.3) is 0 Å². The Morgan fingerprint density at radius 3 is 2.22 bits per heavy atom. The van der Waals surface area contributed by atoms with E-state index in [1.54, 1.807) is 0 Å². The van der Waals surface area contributed by atoms with Crippen LogP contribution in [0, 0.1) is 6.92 Å². The average Bonchev–Trinajstić information content (AvgIpc) is 2.41.